The third-order valence-electron chi connectivity index (χ3n) is 3.45. The molecule has 0 spiro atoms. The SMILES string of the molecule is CC[C@@H](C)[C@H](N)CN(C)Cc1cn(C)nc1C. The third-order valence-corrected chi connectivity index (χ3v) is 3.45. The molecule has 1 aromatic heterocycles. The molecule has 1 aromatic rings. The molecule has 0 aliphatic heterocycles. The molecule has 0 aliphatic rings. The number of nitrogens with zero attached hydrogens (tertiary/aromatic N) is 3. The van der Waals surface area contributed by atoms with Crippen molar-refractivity contribution in [3.05, 3.63) is 17.5 Å². The summed E-state index contributed by atoms with van der Waals surface area (Å²) < 4.78 is 1.87. The Morgan fingerprint density at radius 3 is 2.65 bits per heavy atom. The minimum Gasteiger partial charge on any atom is -0.326 e. The van der Waals surface area contributed by atoms with Gasteiger partial charge in [0.05, 0.1) is 5.69 Å². The molecule has 1 heterocycles. The van der Waals surface area contributed by atoms with Gasteiger partial charge in [-0.1, -0.05) is 20.3 Å². The van der Waals surface area contributed by atoms with Crippen LogP contribution in [0.2, 0.25) is 0 Å². The van der Waals surface area contributed by atoms with Crippen molar-refractivity contribution in [2.75, 3.05) is 13.6 Å². The molecule has 1 rings (SSSR count). The molecule has 0 saturated heterocycles. The molecular formula is C13H26N4. The Morgan fingerprint density at radius 1 is 1.53 bits per heavy atom. The number of aromatic nitrogens is 2. The first-order valence-corrected chi connectivity index (χ1v) is 6.37. The van der Waals surface area contributed by atoms with Crippen molar-refractivity contribution in [3.8, 4) is 0 Å². The lowest BCUT2D eigenvalue weighted by atomic mass is 10.00. The monoisotopic (exact) mass is 238 g/mol. The quantitative estimate of drug-likeness (QED) is 0.817. The van der Waals surface area contributed by atoms with Crippen LogP contribution >= 0.6 is 0 Å². The van der Waals surface area contributed by atoms with Crippen molar-refractivity contribution in [1.82, 2.24) is 14.7 Å². The summed E-state index contributed by atoms with van der Waals surface area (Å²) in [5.74, 6) is 0.576. The highest BCUT2D eigenvalue weighted by atomic mass is 15.3. The van der Waals surface area contributed by atoms with Gasteiger partial charge in [0.15, 0.2) is 0 Å². The molecule has 0 fully saturated rings. The number of rotatable bonds is 6. The summed E-state index contributed by atoms with van der Waals surface area (Å²) in [4.78, 5) is 2.28. The zero-order chi connectivity index (χ0) is 13.0. The average molecular weight is 238 g/mol. The fraction of sp³-hybridized carbons (Fsp3) is 0.769. The van der Waals surface area contributed by atoms with Crippen LogP contribution in [0.15, 0.2) is 6.20 Å². The van der Waals surface area contributed by atoms with E-state index in [4.69, 9.17) is 5.73 Å². The van der Waals surface area contributed by atoms with Crippen LogP contribution in [0.1, 0.15) is 31.5 Å². The lowest BCUT2D eigenvalue weighted by Gasteiger charge is -2.24. The summed E-state index contributed by atoms with van der Waals surface area (Å²) >= 11 is 0. The van der Waals surface area contributed by atoms with Gasteiger partial charge in [0, 0.05) is 37.9 Å². The van der Waals surface area contributed by atoms with E-state index in [9.17, 15) is 0 Å². The van der Waals surface area contributed by atoms with E-state index in [2.05, 4.69) is 44.0 Å². The van der Waals surface area contributed by atoms with E-state index in [1.54, 1.807) is 0 Å². The van der Waals surface area contributed by atoms with Crippen LogP contribution in [-0.4, -0.2) is 34.3 Å². The summed E-state index contributed by atoms with van der Waals surface area (Å²) in [5, 5.41) is 4.35. The van der Waals surface area contributed by atoms with E-state index in [0.717, 1.165) is 25.2 Å². The second-order valence-corrected chi connectivity index (χ2v) is 5.16. The molecule has 4 nitrogen and oxygen atoms in total. The Bertz CT molecular complexity index is 345. The summed E-state index contributed by atoms with van der Waals surface area (Å²) in [7, 11) is 4.08. The fourth-order valence-electron chi connectivity index (χ4n) is 2.00. The number of hydrogen-bond donors (Lipinski definition) is 1. The van der Waals surface area contributed by atoms with E-state index in [-0.39, 0.29) is 6.04 Å². The summed E-state index contributed by atoms with van der Waals surface area (Å²) in [5.41, 5.74) is 8.55. The number of likely N-dealkylation sites (N-methyl/N-ethyl adjacent to an activating group) is 1. The molecule has 98 valence electrons. The van der Waals surface area contributed by atoms with Gasteiger partial charge in [-0.3, -0.25) is 4.68 Å². The molecular weight excluding hydrogens is 212 g/mol. The molecule has 0 amide bonds. The van der Waals surface area contributed by atoms with Gasteiger partial charge in [-0.2, -0.15) is 5.10 Å². The first kappa shape index (κ1) is 14.2. The predicted molar refractivity (Wildman–Crippen MR) is 71.7 cm³/mol. The van der Waals surface area contributed by atoms with Crippen LogP contribution in [0, 0.1) is 12.8 Å². The van der Waals surface area contributed by atoms with E-state index in [1.807, 2.05) is 11.7 Å². The second kappa shape index (κ2) is 6.17. The van der Waals surface area contributed by atoms with E-state index < -0.39 is 0 Å². The van der Waals surface area contributed by atoms with Crippen molar-refractivity contribution in [2.45, 2.75) is 39.8 Å². The highest BCUT2D eigenvalue weighted by Crippen LogP contribution is 2.10. The predicted octanol–water partition coefficient (Wildman–Crippen LogP) is 1.53. The normalized spacial score (nSPS) is 15.2. The number of nitrogens with two attached hydrogens (primary N) is 1. The van der Waals surface area contributed by atoms with Crippen molar-refractivity contribution in [2.24, 2.45) is 18.7 Å². The molecule has 0 radical (unpaired) electrons. The van der Waals surface area contributed by atoms with E-state index in [0.29, 0.717) is 5.92 Å². The summed E-state index contributed by atoms with van der Waals surface area (Å²) in [6, 6.07) is 0.252. The Balaban J connectivity index is 2.49. The lowest BCUT2D eigenvalue weighted by Crippen LogP contribution is -2.39. The highest BCUT2D eigenvalue weighted by Gasteiger charge is 2.14. The zero-order valence-corrected chi connectivity index (χ0v) is 11.8. The third kappa shape index (κ3) is 4.13. The molecule has 0 bridgehead atoms. The second-order valence-electron chi connectivity index (χ2n) is 5.16. The molecule has 2 atom stereocenters. The standard InChI is InChI=1S/C13H26N4/c1-6-10(2)13(14)9-16(4)7-12-8-17(5)15-11(12)3/h8,10,13H,6-7,9,14H2,1-5H3/t10-,13-/m1/s1. The van der Waals surface area contributed by atoms with Gasteiger partial charge in [0.1, 0.15) is 0 Å². The largest absolute Gasteiger partial charge is 0.326 e. The Labute approximate surface area is 105 Å². The van der Waals surface area contributed by atoms with Crippen LogP contribution in [0.25, 0.3) is 0 Å². The Morgan fingerprint density at radius 2 is 2.18 bits per heavy atom. The van der Waals surface area contributed by atoms with E-state index in [1.165, 1.54) is 5.56 Å². The lowest BCUT2D eigenvalue weighted by molar-refractivity contribution is 0.267. The van der Waals surface area contributed by atoms with Gasteiger partial charge in [-0.05, 0) is 19.9 Å². The molecule has 4 heteroatoms. The first-order valence-electron chi connectivity index (χ1n) is 6.37. The van der Waals surface area contributed by atoms with Gasteiger partial charge in [-0.15, -0.1) is 0 Å². The van der Waals surface area contributed by atoms with Gasteiger partial charge in [-0.25, -0.2) is 0 Å². The Hall–Kier alpha value is -0.870. The van der Waals surface area contributed by atoms with Gasteiger partial charge in [0.2, 0.25) is 0 Å². The molecule has 0 aliphatic carbocycles. The maximum absolute atomic E-state index is 6.16. The first-order chi connectivity index (χ1) is 7.93. The van der Waals surface area contributed by atoms with Crippen LogP contribution < -0.4 is 5.73 Å². The van der Waals surface area contributed by atoms with Crippen molar-refractivity contribution < 1.29 is 0 Å². The molecule has 17 heavy (non-hydrogen) atoms. The van der Waals surface area contributed by atoms with Gasteiger partial charge < -0.3 is 10.6 Å². The molecule has 0 aromatic carbocycles. The fourth-order valence-corrected chi connectivity index (χ4v) is 2.00. The number of aryl methyl sites for hydroxylation is 2. The summed E-state index contributed by atoms with van der Waals surface area (Å²) in [6.45, 7) is 8.31. The summed E-state index contributed by atoms with van der Waals surface area (Å²) in [6.07, 6.45) is 3.22. The Kier molecular flexibility index (Phi) is 5.15. The minimum atomic E-state index is 0.252. The zero-order valence-electron chi connectivity index (χ0n) is 11.8. The van der Waals surface area contributed by atoms with Crippen LogP contribution in [0.5, 0.6) is 0 Å². The average Bonchev–Trinajstić information content (AvgIpc) is 2.55. The van der Waals surface area contributed by atoms with Crippen molar-refractivity contribution in [1.29, 1.82) is 0 Å². The minimum absolute atomic E-state index is 0.252. The molecule has 0 unspecified atom stereocenters. The van der Waals surface area contributed by atoms with Crippen molar-refractivity contribution in [3.63, 3.8) is 0 Å². The van der Waals surface area contributed by atoms with Gasteiger partial charge >= 0.3 is 0 Å². The van der Waals surface area contributed by atoms with Crippen LogP contribution in [-0.2, 0) is 13.6 Å². The van der Waals surface area contributed by atoms with Crippen molar-refractivity contribution >= 4 is 0 Å². The van der Waals surface area contributed by atoms with Gasteiger partial charge in [0.25, 0.3) is 0 Å². The highest BCUT2D eigenvalue weighted by molar-refractivity contribution is 5.14. The maximum Gasteiger partial charge on any atom is 0.0638 e. The van der Waals surface area contributed by atoms with Crippen LogP contribution in [0.3, 0.4) is 0 Å². The molecule has 0 saturated carbocycles. The van der Waals surface area contributed by atoms with E-state index >= 15 is 0 Å². The topological polar surface area (TPSA) is 47.1 Å². The smallest absolute Gasteiger partial charge is 0.0638 e. The molecule has 2 N–H and O–H groups in total. The van der Waals surface area contributed by atoms with Crippen LogP contribution in [0.4, 0.5) is 0 Å². The number of hydrogen-bond acceptors (Lipinski definition) is 3. The maximum atomic E-state index is 6.16.